The quantitative estimate of drug-likeness (QED) is 0.924. The molecule has 1 aliphatic rings. The van der Waals surface area contributed by atoms with Crippen molar-refractivity contribution in [1.82, 2.24) is 15.5 Å². The summed E-state index contributed by atoms with van der Waals surface area (Å²) in [5, 5.41) is 7.28. The summed E-state index contributed by atoms with van der Waals surface area (Å²) in [5.74, 6) is 2.52. The van der Waals surface area contributed by atoms with Crippen LogP contribution in [0.3, 0.4) is 0 Å². The number of hydrogen-bond acceptors (Lipinski definition) is 5. The molecule has 1 aromatic heterocycles. The molecule has 1 unspecified atom stereocenters. The Hall–Kier alpha value is -1.11. The Morgan fingerprint density at radius 2 is 2.37 bits per heavy atom. The summed E-state index contributed by atoms with van der Waals surface area (Å²) < 4.78 is 18.4. The van der Waals surface area contributed by atoms with Gasteiger partial charge in [0.2, 0.25) is 11.7 Å². The van der Waals surface area contributed by atoms with Gasteiger partial charge >= 0.3 is 0 Å². The van der Waals surface area contributed by atoms with E-state index in [1.54, 1.807) is 6.07 Å². The average molecular weight is 300 g/mol. The molecule has 2 aromatic rings. The second-order valence-electron chi connectivity index (χ2n) is 4.17. The van der Waals surface area contributed by atoms with E-state index in [2.05, 4.69) is 15.5 Å². The topological polar surface area (TPSA) is 51.0 Å². The highest BCUT2D eigenvalue weighted by Crippen LogP contribution is 2.25. The van der Waals surface area contributed by atoms with Gasteiger partial charge in [-0.2, -0.15) is 16.7 Å². The minimum atomic E-state index is -0.459. The van der Waals surface area contributed by atoms with Crippen molar-refractivity contribution in [2.75, 3.05) is 18.1 Å². The highest BCUT2D eigenvalue weighted by molar-refractivity contribution is 7.99. The minimum Gasteiger partial charge on any atom is -0.337 e. The van der Waals surface area contributed by atoms with Crippen molar-refractivity contribution < 1.29 is 8.91 Å². The molecule has 1 atom stereocenters. The second-order valence-corrected chi connectivity index (χ2v) is 5.72. The number of nitrogens with zero attached hydrogens (tertiary/aromatic N) is 2. The largest absolute Gasteiger partial charge is 0.337 e. The molecule has 0 spiro atoms. The summed E-state index contributed by atoms with van der Waals surface area (Å²) in [6.45, 7) is 0.926. The Kier molecular flexibility index (Phi) is 3.72. The highest BCUT2D eigenvalue weighted by Gasteiger charge is 2.21. The van der Waals surface area contributed by atoms with Crippen molar-refractivity contribution in [2.24, 2.45) is 0 Å². The van der Waals surface area contributed by atoms with E-state index in [9.17, 15) is 4.39 Å². The van der Waals surface area contributed by atoms with Crippen molar-refractivity contribution in [1.29, 1.82) is 0 Å². The molecule has 0 saturated carbocycles. The molecular formula is C12H11ClFN3OS. The van der Waals surface area contributed by atoms with Crippen LogP contribution >= 0.6 is 23.4 Å². The van der Waals surface area contributed by atoms with E-state index < -0.39 is 5.82 Å². The summed E-state index contributed by atoms with van der Waals surface area (Å²) in [6.07, 6.45) is 0. The zero-order chi connectivity index (χ0) is 13.2. The minimum absolute atomic E-state index is 0.0511. The molecule has 1 aromatic carbocycles. The van der Waals surface area contributed by atoms with E-state index in [4.69, 9.17) is 16.1 Å². The molecular weight excluding hydrogens is 289 g/mol. The van der Waals surface area contributed by atoms with Crippen LogP contribution in [0.2, 0.25) is 5.02 Å². The summed E-state index contributed by atoms with van der Waals surface area (Å²) in [6, 6.07) is 4.45. The molecule has 100 valence electrons. The fraction of sp³-hybridized carbons (Fsp3) is 0.333. The van der Waals surface area contributed by atoms with Crippen LogP contribution in [0.15, 0.2) is 22.7 Å². The molecule has 7 heteroatoms. The van der Waals surface area contributed by atoms with Gasteiger partial charge in [0, 0.05) is 23.6 Å². The van der Waals surface area contributed by atoms with Crippen molar-refractivity contribution in [3.63, 3.8) is 0 Å². The third-order valence-corrected chi connectivity index (χ3v) is 4.19. The van der Waals surface area contributed by atoms with E-state index in [0.29, 0.717) is 17.3 Å². The van der Waals surface area contributed by atoms with Crippen LogP contribution in [0.5, 0.6) is 0 Å². The zero-order valence-corrected chi connectivity index (χ0v) is 11.5. The third kappa shape index (κ3) is 2.75. The first-order valence-electron chi connectivity index (χ1n) is 5.84. The molecule has 0 bridgehead atoms. The molecule has 19 heavy (non-hydrogen) atoms. The highest BCUT2D eigenvalue weighted by atomic mass is 35.5. The maximum Gasteiger partial charge on any atom is 0.244 e. The molecule has 1 N–H and O–H groups in total. The lowest BCUT2D eigenvalue weighted by atomic mass is 10.2. The Bertz CT molecular complexity index is 586. The van der Waals surface area contributed by atoms with Gasteiger partial charge in [0.25, 0.3) is 0 Å². The summed E-state index contributed by atoms with van der Waals surface area (Å²) in [7, 11) is 0. The third-order valence-electron chi connectivity index (χ3n) is 2.84. The molecule has 0 aliphatic carbocycles. The predicted octanol–water partition coefficient (Wildman–Crippen LogP) is 2.91. The number of halogens is 2. The fourth-order valence-corrected chi connectivity index (χ4v) is 2.96. The average Bonchev–Trinajstić information content (AvgIpc) is 2.93. The van der Waals surface area contributed by atoms with Crippen LogP contribution in [0, 0.1) is 5.82 Å². The first-order valence-corrected chi connectivity index (χ1v) is 7.37. The summed E-state index contributed by atoms with van der Waals surface area (Å²) >= 11 is 7.59. The lowest BCUT2D eigenvalue weighted by molar-refractivity contribution is 0.342. The van der Waals surface area contributed by atoms with Crippen molar-refractivity contribution in [2.45, 2.75) is 6.04 Å². The second kappa shape index (κ2) is 5.48. The van der Waals surface area contributed by atoms with Gasteiger partial charge < -0.3 is 9.84 Å². The maximum atomic E-state index is 13.1. The maximum absolute atomic E-state index is 13.1. The smallest absolute Gasteiger partial charge is 0.244 e. The normalized spacial score (nSPS) is 19.6. The van der Waals surface area contributed by atoms with Gasteiger partial charge in [-0.1, -0.05) is 16.8 Å². The van der Waals surface area contributed by atoms with E-state index >= 15 is 0 Å². The SMILES string of the molecule is Fc1ccc(-c2noc(C3CSCCN3)n2)cc1Cl. The Labute approximate surface area is 118 Å². The fourth-order valence-electron chi connectivity index (χ4n) is 1.85. The van der Waals surface area contributed by atoms with Gasteiger partial charge in [0.05, 0.1) is 11.1 Å². The van der Waals surface area contributed by atoms with Crippen LogP contribution in [0.25, 0.3) is 11.4 Å². The number of nitrogens with one attached hydrogen (secondary N) is 1. The predicted molar refractivity (Wildman–Crippen MR) is 72.8 cm³/mol. The lowest BCUT2D eigenvalue weighted by Gasteiger charge is -2.19. The van der Waals surface area contributed by atoms with Crippen LogP contribution in [-0.4, -0.2) is 28.2 Å². The van der Waals surface area contributed by atoms with Gasteiger partial charge in [-0.15, -0.1) is 0 Å². The Morgan fingerprint density at radius 1 is 1.47 bits per heavy atom. The molecule has 4 nitrogen and oxygen atoms in total. The number of rotatable bonds is 2. The Balaban J connectivity index is 1.85. The van der Waals surface area contributed by atoms with E-state index in [1.807, 2.05) is 11.8 Å². The summed E-state index contributed by atoms with van der Waals surface area (Å²) in [5.41, 5.74) is 0.643. The van der Waals surface area contributed by atoms with Crippen LogP contribution in [-0.2, 0) is 0 Å². The van der Waals surface area contributed by atoms with Gasteiger partial charge in [0.15, 0.2) is 0 Å². The van der Waals surface area contributed by atoms with E-state index in [-0.39, 0.29) is 11.1 Å². The molecule has 2 heterocycles. The summed E-state index contributed by atoms with van der Waals surface area (Å²) in [4.78, 5) is 4.34. The first kappa shape index (κ1) is 12.9. The van der Waals surface area contributed by atoms with Crippen molar-refractivity contribution in [3.05, 3.63) is 34.9 Å². The molecule has 1 fully saturated rings. The van der Waals surface area contributed by atoms with Gasteiger partial charge in [0.1, 0.15) is 5.82 Å². The molecule has 3 rings (SSSR count). The molecule has 0 amide bonds. The number of thioether (sulfide) groups is 1. The van der Waals surface area contributed by atoms with Crippen LogP contribution < -0.4 is 5.32 Å². The van der Waals surface area contributed by atoms with Crippen molar-refractivity contribution >= 4 is 23.4 Å². The number of aromatic nitrogens is 2. The molecule has 1 saturated heterocycles. The van der Waals surface area contributed by atoms with Crippen molar-refractivity contribution in [3.8, 4) is 11.4 Å². The Morgan fingerprint density at radius 3 is 3.11 bits per heavy atom. The number of benzene rings is 1. The van der Waals surface area contributed by atoms with E-state index in [1.165, 1.54) is 12.1 Å². The first-order chi connectivity index (χ1) is 9.24. The zero-order valence-electron chi connectivity index (χ0n) is 9.90. The van der Waals surface area contributed by atoms with Crippen LogP contribution in [0.1, 0.15) is 11.9 Å². The number of hydrogen-bond donors (Lipinski definition) is 1. The molecule has 1 aliphatic heterocycles. The van der Waals surface area contributed by atoms with Gasteiger partial charge in [-0.25, -0.2) is 4.39 Å². The standard InChI is InChI=1S/C12H11ClFN3OS/c13-8-5-7(1-2-9(8)14)11-16-12(18-17-11)10-6-19-4-3-15-10/h1-2,5,10,15H,3-4,6H2. The lowest BCUT2D eigenvalue weighted by Crippen LogP contribution is -2.30. The van der Waals surface area contributed by atoms with Gasteiger partial charge in [-0.3, -0.25) is 0 Å². The monoisotopic (exact) mass is 299 g/mol. The molecule has 0 radical (unpaired) electrons. The van der Waals surface area contributed by atoms with Gasteiger partial charge in [-0.05, 0) is 18.2 Å². The van der Waals surface area contributed by atoms with E-state index in [0.717, 1.165) is 18.1 Å². The van der Waals surface area contributed by atoms with Crippen LogP contribution in [0.4, 0.5) is 4.39 Å².